The van der Waals surface area contributed by atoms with Crippen LogP contribution in [0.4, 0.5) is 0 Å². The van der Waals surface area contributed by atoms with E-state index in [1.165, 1.54) is 0 Å². The van der Waals surface area contributed by atoms with Crippen molar-refractivity contribution in [1.82, 2.24) is 0 Å². The largest absolute Gasteiger partial charge is 1.00 e. The SMILES string of the molecule is CCC[N+]1(C)CC(S(=O)(=O)O)C(S(=O)(=O)O)C1C.[H-].[Na+]. The molecule has 0 spiro atoms. The molecule has 1 aliphatic heterocycles. The second-order valence-electron chi connectivity index (χ2n) is 5.16. The molecule has 1 aliphatic rings. The molecular weight excluding hydrogens is 305 g/mol. The molecule has 1 saturated heterocycles. The van der Waals surface area contributed by atoms with Crippen LogP contribution in [0.2, 0.25) is 0 Å². The Morgan fingerprint density at radius 3 is 1.95 bits per heavy atom. The van der Waals surface area contributed by atoms with Crippen molar-refractivity contribution >= 4 is 20.2 Å². The molecule has 19 heavy (non-hydrogen) atoms. The number of nitrogens with zero attached hydrogens (tertiary/aromatic N) is 1. The normalized spacial score (nSPS) is 35.9. The summed E-state index contributed by atoms with van der Waals surface area (Å²) in [5, 5.41) is -2.96. The van der Waals surface area contributed by atoms with Crippen LogP contribution in [0.5, 0.6) is 0 Å². The molecule has 0 aromatic carbocycles. The first kappa shape index (κ1) is 19.8. The van der Waals surface area contributed by atoms with Crippen molar-refractivity contribution in [3.63, 3.8) is 0 Å². The average Bonchev–Trinajstić information content (AvgIpc) is 2.38. The molecule has 1 heterocycles. The van der Waals surface area contributed by atoms with Crippen molar-refractivity contribution in [3.8, 4) is 0 Å². The van der Waals surface area contributed by atoms with Crippen LogP contribution < -0.4 is 29.6 Å². The molecule has 10 heteroatoms. The van der Waals surface area contributed by atoms with Crippen molar-refractivity contribution in [2.75, 3.05) is 20.1 Å². The number of rotatable bonds is 4. The summed E-state index contributed by atoms with van der Waals surface area (Å²) in [7, 11) is -7.31. The van der Waals surface area contributed by atoms with Crippen LogP contribution in [-0.2, 0) is 20.2 Å². The zero-order valence-corrected chi connectivity index (χ0v) is 15.3. The molecule has 4 unspecified atom stereocenters. The van der Waals surface area contributed by atoms with E-state index in [4.69, 9.17) is 4.55 Å². The summed E-state index contributed by atoms with van der Waals surface area (Å²) in [5.41, 5.74) is 0. The molecule has 2 N–H and O–H groups in total. The summed E-state index contributed by atoms with van der Waals surface area (Å²) in [6, 6.07) is -0.591. The molecule has 0 bridgehead atoms. The van der Waals surface area contributed by atoms with Crippen LogP contribution in [-0.4, -0.2) is 67.1 Å². The first-order valence-electron chi connectivity index (χ1n) is 5.70. The molecule has 0 radical (unpaired) electrons. The van der Waals surface area contributed by atoms with Gasteiger partial charge in [-0.25, -0.2) is 0 Å². The summed E-state index contributed by atoms with van der Waals surface area (Å²) in [6.07, 6.45) is 0.747. The maximum Gasteiger partial charge on any atom is 1.00 e. The Hall–Kier alpha value is 0.780. The van der Waals surface area contributed by atoms with Gasteiger partial charge in [0.25, 0.3) is 20.2 Å². The monoisotopic (exact) mass is 326 g/mol. The molecule has 110 valence electrons. The van der Waals surface area contributed by atoms with Gasteiger partial charge in [-0.2, -0.15) is 16.8 Å². The summed E-state index contributed by atoms with van der Waals surface area (Å²) in [4.78, 5) is 0. The predicted molar refractivity (Wildman–Crippen MR) is 67.5 cm³/mol. The van der Waals surface area contributed by atoms with Gasteiger partial charge < -0.3 is 5.91 Å². The molecule has 0 aromatic rings. The summed E-state index contributed by atoms with van der Waals surface area (Å²) >= 11 is 0. The van der Waals surface area contributed by atoms with Gasteiger partial charge in [-0.3, -0.25) is 9.11 Å². The maximum atomic E-state index is 11.4. The average molecular weight is 326 g/mol. The van der Waals surface area contributed by atoms with Crippen LogP contribution in [0, 0.1) is 0 Å². The minimum absolute atomic E-state index is 0. The van der Waals surface area contributed by atoms with Gasteiger partial charge in [0.1, 0.15) is 6.04 Å². The van der Waals surface area contributed by atoms with Crippen LogP contribution in [0.3, 0.4) is 0 Å². The first-order chi connectivity index (χ1) is 7.93. The number of hydrogen-bond donors (Lipinski definition) is 2. The zero-order chi connectivity index (χ0) is 14.4. The Morgan fingerprint density at radius 2 is 1.68 bits per heavy atom. The fourth-order valence-corrected chi connectivity index (χ4v) is 6.06. The summed E-state index contributed by atoms with van der Waals surface area (Å²) < 4.78 is 63.9. The van der Waals surface area contributed by atoms with Crippen LogP contribution in [0.1, 0.15) is 21.7 Å². The zero-order valence-electron chi connectivity index (χ0n) is 12.6. The first-order valence-corrected chi connectivity index (χ1v) is 8.71. The van der Waals surface area contributed by atoms with Gasteiger partial charge in [-0.15, -0.1) is 0 Å². The van der Waals surface area contributed by atoms with Crippen LogP contribution in [0.25, 0.3) is 0 Å². The molecule has 4 atom stereocenters. The number of quaternary nitrogens is 1. The van der Waals surface area contributed by atoms with E-state index < -0.39 is 36.8 Å². The topological polar surface area (TPSA) is 109 Å². The van der Waals surface area contributed by atoms with Crippen molar-refractivity contribution in [2.24, 2.45) is 0 Å². The van der Waals surface area contributed by atoms with Gasteiger partial charge in [-0.1, -0.05) is 6.92 Å². The number of likely N-dealkylation sites (tertiary alicyclic amines) is 1. The third-order valence-corrected chi connectivity index (χ3v) is 6.67. The quantitative estimate of drug-likeness (QED) is 0.321. The van der Waals surface area contributed by atoms with Gasteiger partial charge >= 0.3 is 29.6 Å². The summed E-state index contributed by atoms with van der Waals surface area (Å²) in [5.74, 6) is 0. The van der Waals surface area contributed by atoms with Gasteiger partial charge in [0.2, 0.25) is 0 Å². The van der Waals surface area contributed by atoms with Crippen molar-refractivity contribution in [3.05, 3.63) is 0 Å². The maximum absolute atomic E-state index is 11.4. The molecule has 0 amide bonds. The molecule has 1 rings (SSSR count). The Labute approximate surface area is 138 Å². The fraction of sp³-hybridized carbons (Fsp3) is 1.00. The minimum Gasteiger partial charge on any atom is -1.00 e. The van der Waals surface area contributed by atoms with E-state index in [9.17, 15) is 21.4 Å². The fourth-order valence-electron chi connectivity index (χ4n) is 2.86. The van der Waals surface area contributed by atoms with E-state index in [1.54, 1.807) is 14.0 Å². The molecular formula is C9H21NNaO6S2+. The predicted octanol–water partition coefficient (Wildman–Crippen LogP) is -3.13. The Balaban J connectivity index is 0. The molecule has 0 aliphatic carbocycles. The van der Waals surface area contributed by atoms with Gasteiger partial charge in [0, 0.05) is 0 Å². The second kappa shape index (κ2) is 6.27. The third-order valence-electron chi connectivity index (χ3n) is 3.88. The smallest absolute Gasteiger partial charge is 1.00 e. The van der Waals surface area contributed by atoms with Crippen LogP contribution >= 0.6 is 0 Å². The Morgan fingerprint density at radius 1 is 1.21 bits per heavy atom. The molecule has 7 nitrogen and oxygen atoms in total. The van der Waals surface area contributed by atoms with E-state index >= 15 is 0 Å². The van der Waals surface area contributed by atoms with Gasteiger partial charge in [0.15, 0.2) is 10.5 Å². The van der Waals surface area contributed by atoms with Gasteiger partial charge in [0.05, 0.1) is 20.1 Å². The standard InChI is InChI=1S/C9H19NO6S2.Na.H/c1-4-5-10(3)6-8(17(11,12)13)9(7(10)2)18(14,15)16;;/h7-9H,4-6H2,1-3H3,(H-,11,12,13,14,15,16);;/q;+1;-1/p+1. The molecule has 1 fully saturated rings. The van der Waals surface area contributed by atoms with Crippen molar-refractivity contribution < 1.29 is 61.4 Å². The third kappa shape index (κ3) is 4.13. The number of hydrogen-bond acceptors (Lipinski definition) is 4. The van der Waals surface area contributed by atoms with Crippen LogP contribution in [0.15, 0.2) is 0 Å². The minimum atomic E-state index is -4.53. The van der Waals surface area contributed by atoms with E-state index in [0.29, 0.717) is 6.54 Å². The van der Waals surface area contributed by atoms with E-state index in [0.717, 1.165) is 6.42 Å². The van der Waals surface area contributed by atoms with Gasteiger partial charge in [-0.05, 0) is 13.3 Å². The van der Waals surface area contributed by atoms with Crippen molar-refractivity contribution in [1.29, 1.82) is 0 Å². The van der Waals surface area contributed by atoms with E-state index in [1.807, 2.05) is 6.92 Å². The van der Waals surface area contributed by atoms with E-state index in [2.05, 4.69) is 0 Å². The molecule has 0 saturated carbocycles. The Kier molecular flexibility index (Phi) is 6.52. The van der Waals surface area contributed by atoms with E-state index in [-0.39, 0.29) is 42.0 Å². The second-order valence-corrected chi connectivity index (χ2v) is 8.37. The molecule has 0 aromatic heterocycles. The van der Waals surface area contributed by atoms with Crippen molar-refractivity contribution in [2.45, 2.75) is 36.8 Å². The Bertz CT molecular complexity index is 525. The summed E-state index contributed by atoms with van der Waals surface area (Å²) in [6.45, 7) is 4.05.